The number of hydrogen-bond acceptors (Lipinski definition) is 6. The Morgan fingerprint density at radius 2 is 1.86 bits per heavy atom. The van der Waals surface area contributed by atoms with E-state index in [2.05, 4.69) is 15.0 Å². The van der Waals surface area contributed by atoms with E-state index in [0.29, 0.717) is 24.3 Å². The Balaban J connectivity index is 1.58. The number of aliphatic hydroxyl groups is 1. The van der Waals surface area contributed by atoms with Gasteiger partial charge in [-0.05, 0) is 47.2 Å². The van der Waals surface area contributed by atoms with E-state index in [-0.39, 0.29) is 16.5 Å². The van der Waals surface area contributed by atoms with E-state index < -0.39 is 30.2 Å². The second kappa shape index (κ2) is 8.95. The van der Waals surface area contributed by atoms with Crippen LogP contribution in [0.25, 0.3) is 22.2 Å². The van der Waals surface area contributed by atoms with Gasteiger partial charge in [-0.1, -0.05) is 13.8 Å². The normalized spacial score (nSPS) is 15.3. The van der Waals surface area contributed by atoms with E-state index in [1.165, 1.54) is 35.4 Å². The molecule has 4 heterocycles. The van der Waals surface area contributed by atoms with Crippen molar-refractivity contribution in [2.45, 2.75) is 50.4 Å². The van der Waals surface area contributed by atoms with Crippen LogP contribution in [0.2, 0.25) is 0 Å². The molecule has 3 aromatic heterocycles. The fraction of sp³-hybridized carbons (Fsp3) is 0.333. The molecule has 37 heavy (non-hydrogen) atoms. The van der Waals surface area contributed by atoms with Crippen molar-refractivity contribution < 1.29 is 23.0 Å². The lowest BCUT2D eigenvalue weighted by molar-refractivity contribution is -0.271. The zero-order valence-electron chi connectivity index (χ0n) is 20.3. The topological polar surface area (TPSA) is 90.1 Å². The van der Waals surface area contributed by atoms with E-state index in [9.17, 15) is 23.1 Å². The highest BCUT2D eigenvalue weighted by Crippen LogP contribution is 2.47. The summed E-state index contributed by atoms with van der Waals surface area (Å²) < 4.78 is 50.7. The molecule has 0 radical (unpaired) electrons. The van der Waals surface area contributed by atoms with Gasteiger partial charge in [-0.25, -0.2) is 15.0 Å². The van der Waals surface area contributed by atoms with Gasteiger partial charge in [0, 0.05) is 48.4 Å². The first-order valence-electron chi connectivity index (χ1n) is 11.8. The maximum Gasteiger partial charge on any atom is 0.418 e. The van der Waals surface area contributed by atoms with Gasteiger partial charge in [0.05, 0.1) is 18.5 Å². The summed E-state index contributed by atoms with van der Waals surface area (Å²) in [4.78, 5) is 24.4. The summed E-state index contributed by atoms with van der Waals surface area (Å²) in [5.41, 5.74) is -1.64. The minimum absolute atomic E-state index is 0.0748. The lowest BCUT2D eigenvalue weighted by Gasteiger charge is -2.39. The van der Waals surface area contributed by atoms with Gasteiger partial charge in [0.15, 0.2) is 11.0 Å². The molecule has 7 nitrogen and oxygen atoms in total. The number of pyridine rings is 2. The molecule has 0 spiro atoms. The molecular weight excluding hydrogens is 485 g/mol. The minimum Gasteiger partial charge on any atom is -0.493 e. The first-order chi connectivity index (χ1) is 17.5. The second-order valence-corrected chi connectivity index (χ2v) is 10.0. The SMILES string of the molecule is CC(C)(CC(O)(Cn1ccc(=O)c2cccnc21)C(F)(F)F)c1cc(-c2cncnc2)cc2c1OCC2. The minimum atomic E-state index is -4.97. The molecule has 4 aromatic rings. The van der Waals surface area contributed by atoms with Gasteiger partial charge in [0.25, 0.3) is 0 Å². The predicted molar refractivity (Wildman–Crippen MR) is 131 cm³/mol. The number of aromatic nitrogens is 4. The molecule has 1 atom stereocenters. The van der Waals surface area contributed by atoms with Gasteiger partial charge in [-0.15, -0.1) is 0 Å². The van der Waals surface area contributed by atoms with Crippen molar-refractivity contribution in [2.75, 3.05) is 6.61 Å². The zero-order chi connectivity index (χ0) is 26.4. The van der Waals surface area contributed by atoms with Crippen molar-refractivity contribution >= 4 is 11.0 Å². The van der Waals surface area contributed by atoms with Crippen LogP contribution in [0, 0.1) is 0 Å². The number of ether oxygens (including phenoxy) is 1. The van der Waals surface area contributed by atoms with E-state index >= 15 is 0 Å². The van der Waals surface area contributed by atoms with E-state index in [1.54, 1.807) is 38.4 Å². The molecule has 0 fully saturated rings. The standard InChI is InChI=1S/C27H25F3N4O3/c1-25(2,21-11-18(19-12-31-16-32-13-19)10-17-6-9-37-23(17)21)14-26(36,27(28,29)30)15-34-8-5-22(35)20-4-3-7-33-24(20)34/h3-5,7-8,10-13,16,36H,6,9,14-15H2,1-2H3. The predicted octanol–water partition coefficient (Wildman–Crippen LogP) is 4.45. The summed E-state index contributed by atoms with van der Waals surface area (Å²) >= 11 is 0. The second-order valence-electron chi connectivity index (χ2n) is 10.0. The number of hydrogen-bond donors (Lipinski definition) is 1. The molecular formula is C27H25F3N4O3. The number of benzene rings is 1. The van der Waals surface area contributed by atoms with Crippen LogP contribution in [-0.4, -0.2) is 43.0 Å². The fourth-order valence-corrected chi connectivity index (χ4v) is 5.04. The molecule has 1 N–H and O–H groups in total. The molecule has 0 bridgehead atoms. The van der Waals surface area contributed by atoms with Crippen molar-refractivity contribution in [1.82, 2.24) is 19.5 Å². The molecule has 1 aliphatic rings. The highest BCUT2D eigenvalue weighted by molar-refractivity contribution is 5.74. The highest BCUT2D eigenvalue weighted by Gasteiger charge is 2.56. The van der Waals surface area contributed by atoms with Crippen LogP contribution in [0.5, 0.6) is 5.75 Å². The molecule has 0 amide bonds. The molecule has 5 rings (SSSR count). The molecule has 10 heteroatoms. The van der Waals surface area contributed by atoms with Crippen molar-refractivity contribution in [1.29, 1.82) is 0 Å². The molecule has 1 unspecified atom stereocenters. The third-order valence-corrected chi connectivity index (χ3v) is 6.83. The Bertz CT molecular complexity index is 1520. The maximum absolute atomic E-state index is 14.5. The average molecular weight is 511 g/mol. The smallest absolute Gasteiger partial charge is 0.418 e. The van der Waals surface area contributed by atoms with Gasteiger partial charge in [-0.3, -0.25) is 4.79 Å². The monoisotopic (exact) mass is 510 g/mol. The average Bonchev–Trinajstić information content (AvgIpc) is 3.33. The van der Waals surface area contributed by atoms with Gasteiger partial charge in [0.1, 0.15) is 17.7 Å². The maximum atomic E-state index is 14.5. The van der Waals surface area contributed by atoms with Crippen LogP contribution in [0.1, 0.15) is 31.4 Å². The van der Waals surface area contributed by atoms with Gasteiger partial charge in [-0.2, -0.15) is 13.2 Å². The van der Waals surface area contributed by atoms with Gasteiger partial charge >= 0.3 is 6.18 Å². The molecule has 0 saturated heterocycles. The summed E-state index contributed by atoms with van der Waals surface area (Å²) in [7, 11) is 0. The Morgan fingerprint density at radius 1 is 1.11 bits per heavy atom. The largest absolute Gasteiger partial charge is 0.493 e. The summed E-state index contributed by atoms with van der Waals surface area (Å²) in [6, 6.07) is 7.94. The summed E-state index contributed by atoms with van der Waals surface area (Å²) in [6.07, 6.45) is 2.32. The number of halogens is 3. The molecule has 0 aliphatic carbocycles. The van der Waals surface area contributed by atoms with Crippen LogP contribution in [0.4, 0.5) is 13.2 Å². The molecule has 0 saturated carbocycles. The third kappa shape index (κ3) is 4.57. The number of rotatable bonds is 6. The molecule has 1 aliphatic heterocycles. The van der Waals surface area contributed by atoms with Crippen LogP contribution >= 0.6 is 0 Å². The van der Waals surface area contributed by atoms with Crippen molar-refractivity contribution in [3.63, 3.8) is 0 Å². The lowest BCUT2D eigenvalue weighted by Crippen LogP contribution is -2.52. The Kier molecular flexibility index (Phi) is 6.02. The summed E-state index contributed by atoms with van der Waals surface area (Å²) in [6.45, 7) is 2.91. The lowest BCUT2D eigenvalue weighted by atomic mass is 9.73. The summed E-state index contributed by atoms with van der Waals surface area (Å²) in [5, 5.41) is 11.4. The van der Waals surface area contributed by atoms with Crippen LogP contribution in [0.15, 0.2) is 66.2 Å². The molecule has 1 aromatic carbocycles. The third-order valence-electron chi connectivity index (χ3n) is 6.83. The number of fused-ring (bicyclic) bond motifs is 2. The Morgan fingerprint density at radius 3 is 2.59 bits per heavy atom. The first kappa shape index (κ1) is 24.9. The highest BCUT2D eigenvalue weighted by atomic mass is 19.4. The molecule has 192 valence electrons. The van der Waals surface area contributed by atoms with Crippen molar-refractivity contribution in [3.05, 3.63) is 82.8 Å². The van der Waals surface area contributed by atoms with Gasteiger partial charge < -0.3 is 14.4 Å². The van der Waals surface area contributed by atoms with Crippen LogP contribution in [0.3, 0.4) is 0 Å². The van der Waals surface area contributed by atoms with Gasteiger partial charge in [0.2, 0.25) is 0 Å². The van der Waals surface area contributed by atoms with E-state index in [1.807, 2.05) is 6.07 Å². The zero-order valence-corrected chi connectivity index (χ0v) is 20.3. The summed E-state index contributed by atoms with van der Waals surface area (Å²) in [5.74, 6) is 0.547. The number of alkyl halides is 3. The van der Waals surface area contributed by atoms with Crippen LogP contribution in [-0.2, 0) is 18.4 Å². The first-order valence-corrected chi connectivity index (χ1v) is 11.8. The van der Waals surface area contributed by atoms with Crippen molar-refractivity contribution in [3.8, 4) is 16.9 Å². The number of nitrogens with zero attached hydrogens (tertiary/aromatic N) is 4. The van der Waals surface area contributed by atoms with E-state index in [4.69, 9.17) is 4.74 Å². The Labute approximate surface area is 210 Å². The quantitative estimate of drug-likeness (QED) is 0.412. The fourth-order valence-electron chi connectivity index (χ4n) is 5.04. The van der Waals surface area contributed by atoms with Crippen LogP contribution < -0.4 is 10.2 Å². The Hall–Kier alpha value is -3.79. The van der Waals surface area contributed by atoms with E-state index in [0.717, 1.165) is 16.7 Å². The van der Waals surface area contributed by atoms with Crippen molar-refractivity contribution in [2.24, 2.45) is 0 Å².